The maximum Gasteiger partial charge on any atom is 0.270 e. The highest BCUT2D eigenvalue weighted by molar-refractivity contribution is 6.33. The fourth-order valence-corrected chi connectivity index (χ4v) is 2.88. The van der Waals surface area contributed by atoms with Crippen LogP contribution < -0.4 is 11.3 Å². The lowest BCUT2D eigenvalue weighted by atomic mass is 10.1. The number of fused-ring (bicyclic) bond motifs is 1. The number of nitrogens with two attached hydrogens (primary N) is 1. The molecule has 2 N–H and O–H groups in total. The standard InChI is InChI=1S/C16H12Cl2FN3O/c1-8(10-4-9(17)2-3-12(10)19)22-15-5-11(18)13(20)6-14(15)21-7-16(22)23/h2-8H,20H2,1H3/t8-/m0/s1. The summed E-state index contributed by atoms with van der Waals surface area (Å²) in [6.07, 6.45) is 1.18. The summed E-state index contributed by atoms with van der Waals surface area (Å²) in [5.74, 6) is -0.444. The monoisotopic (exact) mass is 351 g/mol. The number of anilines is 1. The van der Waals surface area contributed by atoms with Crippen LogP contribution in [0.2, 0.25) is 10.0 Å². The van der Waals surface area contributed by atoms with Crippen LogP contribution in [0.1, 0.15) is 18.5 Å². The van der Waals surface area contributed by atoms with Crippen LogP contribution in [0.15, 0.2) is 41.3 Å². The van der Waals surface area contributed by atoms with Crippen molar-refractivity contribution < 1.29 is 4.39 Å². The molecule has 118 valence electrons. The minimum absolute atomic E-state index is 0.303. The van der Waals surface area contributed by atoms with Gasteiger partial charge >= 0.3 is 0 Å². The molecule has 0 saturated heterocycles. The van der Waals surface area contributed by atoms with E-state index in [2.05, 4.69) is 4.98 Å². The summed E-state index contributed by atoms with van der Waals surface area (Å²) in [7, 11) is 0. The van der Waals surface area contributed by atoms with E-state index in [1.54, 1.807) is 19.1 Å². The minimum Gasteiger partial charge on any atom is -0.397 e. The van der Waals surface area contributed by atoms with E-state index in [0.29, 0.717) is 32.3 Å². The lowest BCUT2D eigenvalue weighted by Crippen LogP contribution is -2.25. The molecule has 3 aromatic rings. The van der Waals surface area contributed by atoms with Crippen molar-refractivity contribution >= 4 is 39.9 Å². The van der Waals surface area contributed by atoms with Crippen LogP contribution in [0.3, 0.4) is 0 Å². The van der Waals surface area contributed by atoms with E-state index >= 15 is 0 Å². The Kier molecular flexibility index (Phi) is 4.00. The zero-order chi connectivity index (χ0) is 16.7. The average molecular weight is 352 g/mol. The normalized spacial score (nSPS) is 12.5. The molecule has 4 nitrogen and oxygen atoms in total. The predicted molar refractivity (Wildman–Crippen MR) is 90.6 cm³/mol. The first kappa shape index (κ1) is 15.8. The number of hydrogen-bond donors (Lipinski definition) is 1. The van der Waals surface area contributed by atoms with Gasteiger partial charge in [0, 0.05) is 10.6 Å². The molecule has 0 bridgehead atoms. The fraction of sp³-hybridized carbons (Fsp3) is 0.125. The van der Waals surface area contributed by atoms with Gasteiger partial charge in [0.15, 0.2) is 0 Å². The van der Waals surface area contributed by atoms with Gasteiger partial charge < -0.3 is 5.73 Å². The molecule has 0 spiro atoms. The molecule has 3 rings (SSSR count). The Labute approximate surface area is 141 Å². The minimum atomic E-state index is -0.591. The Hall–Kier alpha value is -2.11. The molecule has 7 heteroatoms. The summed E-state index contributed by atoms with van der Waals surface area (Å²) in [4.78, 5) is 16.4. The molecule has 1 aromatic heterocycles. The number of hydrogen-bond acceptors (Lipinski definition) is 3. The summed E-state index contributed by atoms with van der Waals surface area (Å²) in [5, 5.41) is 0.694. The van der Waals surface area contributed by atoms with Crippen molar-refractivity contribution in [2.24, 2.45) is 0 Å². The SMILES string of the molecule is C[C@@H](c1cc(Cl)ccc1F)n1c(=O)cnc2cc(N)c(Cl)cc21. The lowest BCUT2D eigenvalue weighted by Gasteiger charge is -2.19. The number of halogens is 3. The van der Waals surface area contributed by atoms with Gasteiger partial charge in [0.05, 0.1) is 34.0 Å². The zero-order valence-corrected chi connectivity index (χ0v) is 13.6. The molecular formula is C16H12Cl2FN3O. The Morgan fingerprint density at radius 1 is 1.26 bits per heavy atom. The maximum atomic E-state index is 14.1. The molecule has 0 aliphatic heterocycles. The first-order chi connectivity index (χ1) is 10.9. The van der Waals surface area contributed by atoms with Crippen LogP contribution in [-0.2, 0) is 0 Å². The number of nitrogen functional groups attached to an aromatic ring is 1. The first-order valence-electron chi connectivity index (χ1n) is 6.79. The van der Waals surface area contributed by atoms with Gasteiger partial charge in [-0.25, -0.2) is 9.37 Å². The van der Waals surface area contributed by atoms with Crippen molar-refractivity contribution in [2.45, 2.75) is 13.0 Å². The molecule has 0 fully saturated rings. The second kappa shape index (κ2) is 5.83. The highest BCUT2D eigenvalue weighted by atomic mass is 35.5. The molecular weight excluding hydrogens is 340 g/mol. The summed E-state index contributed by atoms with van der Waals surface area (Å²) in [5.41, 5.74) is 7.04. The van der Waals surface area contributed by atoms with Gasteiger partial charge in [-0.1, -0.05) is 23.2 Å². The Balaban J connectivity index is 2.30. The highest BCUT2D eigenvalue weighted by Gasteiger charge is 2.18. The molecule has 23 heavy (non-hydrogen) atoms. The first-order valence-corrected chi connectivity index (χ1v) is 7.55. The lowest BCUT2D eigenvalue weighted by molar-refractivity contribution is 0.556. The number of rotatable bonds is 2. The number of benzene rings is 2. The van der Waals surface area contributed by atoms with E-state index in [1.807, 2.05) is 0 Å². The smallest absolute Gasteiger partial charge is 0.270 e. The third kappa shape index (κ3) is 2.78. The molecule has 1 atom stereocenters. The summed E-state index contributed by atoms with van der Waals surface area (Å²) in [6.45, 7) is 1.71. The quantitative estimate of drug-likeness (QED) is 0.709. The van der Waals surface area contributed by atoms with Crippen LogP contribution in [0.5, 0.6) is 0 Å². The molecule has 0 amide bonds. The zero-order valence-electron chi connectivity index (χ0n) is 12.1. The predicted octanol–water partition coefficient (Wildman–Crippen LogP) is 4.03. The Bertz CT molecular complexity index is 971. The van der Waals surface area contributed by atoms with Gasteiger partial charge in [-0.15, -0.1) is 0 Å². The van der Waals surface area contributed by atoms with Gasteiger partial charge in [0.25, 0.3) is 5.56 Å². The van der Waals surface area contributed by atoms with Crippen molar-refractivity contribution in [1.29, 1.82) is 0 Å². The van der Waals surface area contributed by atoms with Gasteiger partial charge in [0.1, 0.15) is 5.82 Å². The number of nitrogens with zero attached hydrogens (tertiary/aromatic N) is 2. The Morgan fingerprint density at radius 2 is 2.00 bits per heavy atom. The van der Waals surface area contributed by atoms with E-state index in [0.717, 1.165) is 0 Å². The molecule has 0 saturated carbocycles. The van der Waals surface area contributed by atoms with E-state index < -0.39 is 11.9 Å². The molecule has 0 aliphatic carbocycles. The van der Waals surface area contributed by atoms with E-state index in [1.165, 1.54) is 29.0 Å². The molecule has 0 unspecified atom stereocenters. The van der Waals surface area contributed by atoms with E-state index in [-0.39, 0.29) is 5.56 Å². The Morgan fingerprint density at radius 3 is 2.74 bits per heavy atom. The second-order valence-corrected chi connectivity index (χ2v) is 6.01. The fourth-order valence-electron chi connectivity index (χ4n) is 2.54. The van der Waals surface area contributed by atoms with Crippen LogP contribution in [0.25, 0.3) is 11.0 Å². The van der Waals surface area contributed by atoms with Crippen molar-refractivity contribution in [3.8, 4) is 0 Å². The van der Waals surface area contributed by atoms with Crippen molar-refractivity contribution in [1.82, 2.24) is 9.55 Å². The molecule has 0 aliphatic rings. The largest absolute Gasteiger partial charge is 0.397 e. The second-order valence-electron chi connectivity index (χ2n) is 5.17. The van der Waals surface area contributed by atoms with Crippen LogP contribution >= 0.6 is 23.2 Å². The molecule has 2 aromatic carbocycles. The number of aromatic nitrogens is 2. The third-order valence-electron chi connectivity index (χ3n) is 3.70. The van der Waals surface area contributed by atoms with Crippen molar-refractivity contribution in [2.75, 3.05) is 5.73 Å². The van der Waals surface area contributed by atoms with Gasteiger partial charge in [0.2, 0.25) is 0 Å². The van der Waals surface area contributed by atoms with Gasteiger partial charge in [-0.2, -0.15) is 0 Å². The molecule has 1 heterocycles. The van der Waals surface area contributed by atoms with Gasteiger partial charge in [-0.3, -0.25) is 9.36 Å². The topological polar surface area (TPSA) is 60.9 Å². The van der Waals surface area contributed by atoms with Gasteiger partial charge in [-0.05, 0) is 37.3 Å². The van der Waals surface area contributed by atoms with Crippen LogP contribution in [0.4, 0.5) is 10.1 Å². The van der Waals surface area contributed by atoms with Crippen molar-refractivity contribution in [3.63, 3.8) is 0 Å². The molecule has 0 radical (unpaired) electrons. The van der Waals surface area contributed by atoms with Crippen LogP contribution in [0, 0.1) is 5.82 Å². The highest BCUT2D eigenvalue weighted by Crippen LogP contribution is 2.29. The summed E-state index contributed by atoms with van der Waals surface area (Å²) in [6, 6.07) is 6.77. The summed E-state index contributed by atoms with van der Waals surface area (Å²) < 4.78 is 15.6. The third-order valence-corrected chi connectivity index (χ3v) is 4.26. The summed E-state index contributed by atoms with van der Waals surface area (Å²) >= 11 is 12.0. The maximum absolute atomic E-state index is 14.1. The van der Waals surface area contributed by atoms with Crippen LogP contribution in [-0.4, -0.2) is 9.55 Å². The van der Waals surface area contributed by atoms with Crippen molar-refractivity contribution in [3.05, 3.63) is 68.3 Å². The average Bonchev–Trinajstić information content (AvgIpc) is 2.51. The van der Waals surface area contributed by atoms with E-state index in [4.69, 9.17) is 28.9 Å². The van der Waals surface area contributed by atoms with E-state index in [9.17, 15) is 9.18 Å².